The fourth-order valence-corrected chi connectivity index (χ4v) is 9.04. The third-order valence-electron chi connectivity index (χ3n) is 12.5. The number of carbonyl (C=O) groups excluding carboxylic acids is 2. The molecule has 0 aliphatic rings. The van der Waals surface area contributed by atoms with Crippen molar-refractivity contribution in [1.29, 1.82) is 0 Å². The minimum atomic E-state index is -4.38. The van der Waals surface area contributed by atoms with Gasteiger partial charge in [0.05, 0.1) is 13.2 Å². The van der Waals surface area contributed by atoms with Crippen LogP contribution in [-0.2, 0) is 32.7 Å². The molecule has 68 heavy (non-hydrogen) atoms. The Labute approximate surface area is 419 Å². The molecule has 0 fully saturated rings. The van der Waals surface area contributed by atoms with Gasteiger partial charge in [0, 0.05) is 19.4 Å². The molecule has 2 unspecified atom stereocenters. The molecule has 0 aromatic heterocycles. The third-order valence-corrected chi connectivity index (χ3v) is 13.5. The number of allylic oxidation sites excluding steroid dienone is 8. The second-order valence-corrected chi connectivity index (χ2v) is 20.6. The van der Waals surface area contributed by atoms with Gasteiger partial charge in [-0.05, 0) is 51.4 Å². The second kappa shape index (κ2) is 54.3. The van der Waals surface area contributed by atoms with Crippen LogP contribution in [0.3, 0.4) is 0 Å². The van der Waals surface area contributed by atoms with E-state index in [-0.39, 0.29) is 38.6 Å². The summed E-state index contributed by atoms with van der Waals surface area (Å²) in [6.45, 7) is 3.64. The topological polar surface area (TPSA) is 134 Å². The van der Waals surface area contributed by atoms with Crippen LogP contribution in [0.25, 0.3) is 0 Å². The van der Waals surface area contributed by atoms with Gasteiger partial charge in [-0.1, -0.05) is 262 Å². The molecule has 0 rings (SSSR count). The van der Waals surface area contributed by atoms with Crippen molar-refractivity contribution in [3.8, 4) is 0 Å². The van der Waals surface area contributed by atoms with Crippen LogP contribution in [0.2, 0.25) is 0 Å². The highest BCUT2D eigenvalue weighted by atomic mass is 31.2. The van der Waals surface area contributed by atoms with Crippen molar-refractivity contribution in [1.82, 2.24) is 0 Å². The SMILES string of the molecule is CC/C=C\C/C=C\C/C=C\C/C=C\CCCCCCCCCCCCCCCCCCCCCCCCCCC(=O)OC(COC(=O)CCCCCCCCCCCC)COP(=O)(O)OCCN. The largest absolute Gasteiger partial charge is 0.472 e. The summed E-state index contributed by atoms with van der Waals surface area (Å²) in [5, 5.41) is 0. The highest BCUT2D eigenvalue weighted by molar-refractivity contribution is 7.47. The maximum Gasteiger partial charge on any atom is 0.472 e. The number of hydrogen-bond acceptors (Lipinski definition) is 8. The average Bonchev–Trinajstić information content (AvgIpc) is 3.33. The number of ether oxygens (including phenoxy) is 2. The van der Waals surface area contributed by atoms with E-state index in [9.17, 15) is 19.0 Å². The lowest BCUT2D eigenvalue weighted by Gasteiger charge is -2.19. The van der Waals surface area contributed by atoms with Crippen LogP contribution >= 0.6 is 7.82 Å². The van der Waals surface area contributed by atoms with E-state index in [0.717, 1.165) is 57.8 Å². The zero-order valence-corrected chi connectivity index (χ0v) is 45.2. The summed E-state index contributed by atoms with van der Waals surface area (Å²) in [6, 6.07) is 0. The van der Waals surface area contributed by atoms with Crippen LogP contribution in [0.1, 0.15) is 277 Å². The summed E-state index contributed by atoms with van der Waals surface area (Å²) >= 11 is 0. The molecule has 0 bridgehead atoms. The minimum absolute atomic E-state index is 0.0558. The highest BCUT2D eigenvalue weighted by Gasteiger charge is 2.26. The van der Waals surface area contributed by atoms with E-state index >= 15 is 0 Å². The van der Waals surface area contributed by atoms with E-state index in [0.29, 0.717) is 6.42 Å². The van der Waals surface area contributed by atoms with E-state index in [2.05, 4.69) is 62.5 Å². The second-order valence-electron chi connectivity index (χ2n) is 19.1. The van der Waals surface area contributed by atoms with Crippen molar-refractivity contribution in [3.05, 3.63) is 48.6 Å². The average molecular weight is 978 g/mol. The van der Waals surface area contributed by atoms with Crippen LogP contribution in [-0.4, -0.2) is 49.3 Å². The lowest BCUT2D eigenvalue weighted by Crippen LogP contribution is -2.29. The van der Waals surface area contributed by atoms with Gasteiger partial charge in [0.2, 0.25) is 0 Å². The lowest BCUT2D eigenvalue weighted by molar-refractivity contribution is -0.161. The minimum Gasteiger partial charge on any atom is -0.462 e. The Balaban J connectivity index is 3.73. The number of phosphoric ester groups is 1. The Kier molecular flexibility index (Phi) is 52.7. The maximum atomic E-state index is 12.6. The Bertz CT molecular complexity index is 1250. The van der Waals surface area contributed by atoms with Gasteiger partial charge in [-0.2, -0.15) is 0 Å². The number of phosphoric acid groups is 1. The van der Waals surface area contributed by atoms with Crippen molar-refractivity contribution >= 4 is 19.8 Å². The van der Waals surface area contributed by atoms with Crippen LogP contribution < -0.4 is 5.73 Å². The summed E-state index contributed by atoms with van der Waals surface area (Å²) in [6.07, 6.45) is 66.3. The summed E-state index contributed by atoms with van der Waals surface area (Å²) in [5.41, 5.74) is 5.36. The fourth-order valence-electron chi connectivity index (χ4n) is 8.28. The molecule has 0 radical (unpaired) electrons. The summed E-state index contributed by atoms with van der Waals surface area (Å²) < 4.78 is 32.9. The third kappa shape index (κ3) is 53.3. The van der Waals surface area contributed by atoms with Crippen molar-refractivity contribution in [2.75, 3.05) is 26.4 Å². The Hall–Kier alpha value is -2.03. The van der Waals surface area contributed by atoms with Crippen LogP contribution in [0.4, 0.5) is 0 Å². The van der Waals surface area contributed by atoms with Gasteiger partial charge >= 0.3 is 19.8 Å². The standard InChI is InChI=1S/C58H108NO8P/c1-3-5-7-9-11-13-15-16-17-18-19-20-21-22-23-24-25-26-27-28-29-30-31-32-33-34-35-36-37-38-39-40-41-43-45-47-49-51-58(61)67-56(55-66-68(62,63)65-53-52-59)54-64-57(60)50-48-46-44-42-14-12-10-8-6-4-2/h5,7,11,13,16-17,19-20,56H,3-4,6,8-10,12,14-15,18,21-55,59H2,1-2H3,(H,62,63)/b7-5-,13-11-,17-16-,20-19-. The van der Waals surface area contributed by atoms with Crippen molar-refractivity contribution in [3.63, 3.8) is 0 Å². The Morgan fingerprint density at radius 1 is 0.456 bits per heavy atom. The molecule has 0 saturated heterocycles. The van der Waals surface area contributed by atoms with Gasteiger partial charge in [0.15, 0.2) is 6.10 Å². The predicted molar refractivity (Wildman–Crippen MR) is 289 cm³/mol. The van der Waals surface area contributed by atoms with Gasteiger partial charge in [-0.25, -0.2) is 4.57 Å². The molecule has 0 aliphatic heterocycles. The van der Waals surface area contributed by atoms with E-state index < -0.39 is 26.5 Å². The summed E-state index contributed by atoms with van der Waals surface area (Å²) in [5.74, 6) is -0.817. The van der Waals surface area contributed by atoms with E-state index in [1.807, 2.05) is 0 Å². The number of rotatable bonds is 54. The first kappa shape index (κ1) is 66.0. The molecule has 10 heteroatoms. The first-order chi connectivity index (χ1) is 33.3. The van der Waals surface area contributed by atoms with E-state index in [1.165, 1.54) is 186 Å². The number of unbranched alkanes of at least 4 members (excludes halogenated alkanes) is 33. The van der Waals surface area contributed by atoms with Gasteiger partial charge < -0.3 is 20.1 Å². The van der Waals surface area contributed by atoms with Crippen molar-refractivity contribution in [2.24, 2.45) is 5.73 Å². The van der Waals surface area contributed by atoms with Gasteiger partial charge in [0.25, 0.3) is 0 Å². The number of hydrogen-bond donors (Lipinski definition) is 2. The predicted octanol–water partition coefficient (Wildman–Crippen LogP) is 17.8. The first-order valence-corrected chi connectivity index (χ1v) is 30.1. The van der Waals surface area contributed by atoms with Crippen LogP contribution in [0.5, 0.6) is 0 Å². The Morgan fingerprint density at radius 3 is 1.21 bits per heavy atom. The summed E-state index contributed by atoms with van der Waals surface area (Å²) in [4.78, 5) is 35.0. The Morgan fingerprint density at radius 2 is 0.809 bits per heavy atom. The molecule has 0 aromatic carbocycles. The molecular formula is C58H108NO8P. The molecular weight excluding hydrogens is 870 g/mol. The van der Waals surface area contributed by atoms with E-state index in [1.54, 1.807) is 0 Å². The maximum absolute atomic E-state index is 12.6. The molecule has 0 aliphatic carbocycles. The summed E-state index contributed by atoms with van der Waals surface area (Å²) in [7, 11) is -4.38. The van der Waals surface area contributed by atoms with Crippen LogP contribution in [0.15, 0.2) is 48.6 Å². The van der Waals surface area contributed by atoms with Gasteiger partial charge in [-0.15, -0.1) is 0 Å². The molecule has 398 valence electrons. The van der Waals surface area contributed by atoms with Crippen molar-refractivity contribution < 1.29 is 37.6 Å². The zero-order valence-electron chi connectivity index (χ0n) is 44.3. The van der Waals surface area contributed by atoms with Crippen LogP contribution in [0, 0.1) is 0 Å². The molecule has 9 nitrogen and oxygen atoms in total. The van der Waals surface area contributed by atoms with Gasteiger partial charge in [0.1, 0.15) is 6.61 Å². The normalized spacial score (nSPS) is 13.4. The molecule has 2 atom stereocenters. The first-order valence-electron chi connectivity index (χ1n) is 28.6. The number of esters is 2. The molecule has 3 N–H and O–H groups in total. The molecule has 0 saturated carbocycles. The smallest absolute Gasteiger partial charge is 0.462 e. The lowest BCUT2D eigenvalue weighted by atomic mass is 10.0. The monoisotopic (exact) mass is 978 g/mol. The highest BCUT2D eigenvalue weighted by Crippen LogP contribution is 2.43. The zero-order chi connectivity index (χ0) is 49.5. The molecule has 0 heterocycles. The quantitative estimate of drug-likeness (QED) is 0.0264. The molecule has 0 spiro atoms. The molecule has 0 aromatic rings. The molecule has 0 amide bonds. The van der Waals surface area contributed by atoms with E-state index in [4.69, 9.17) is 24.3 Å². The van der Waals surface area contributed by atoms with Gasteiger partial charge in [-0.3, -0.25) is 18.6 Å². The number of carbonyl (C=O) groups is 2. The number of nitrogens with two attached hydrogens (primary N) is 1. The van der Waals surface area contributed by atoms with Crippen molar-refractivity contribution in [2.45, 2.75) is 283 Å². The fraction of sp³-hybridized carbons (Fsp3) is 0.828.